The summed E-state index contributed by atoms with van der Waals surface area (Å²) in [6.45, 7) is 0. The van der Waals surface area contributed by atoms with E-state index < -0.39 is 0 Å². The maximum absolute atomic E-state index is 5.63. The van der Waals surface area contributed by atoms with Crippen LogP contribution in [0.1, 0.15) is 11.3 Å². The molecule has 2 aromatic heterocycles. The van der Waals surface area contributed by atoms with E-state index in [0.717, 1.165) is 17.7 Å². The molecule has 94 valence electrons. The number of thiazole rings is 1. The molecule has 0 unspecified atom stereocenters. The van der Waals surface area contributed by atoms with Crippen molar-refractivity contribution in [3.05, 3.63) is 65.4 Å². The average Bonchev–Trinajstić information content (AvgIpc) is 2.86. The van der Waals surface area contributed by atoms with Crippen molar-refractivity contribution in [3.8, 4) is 11.1 Å². The molecular formula is C15H13N3S. The number of hydrogen-bond donors (Lipinski definition) is 1. The molecule has 3 aromatic rings. The Hall–Kier alpha value is -2.20. The van der Waals surface area contributed by atoms with Crippen LogP contribution in [0.2, 0.25) is 0 Å². The zero-order valence-electron chi connectivity index (χ0n) is 10.3. The van der Waals surface area contributed by atoms with Gasteiger partial charge in [-0.1, -0.05) is 30.3 Å². The number of aromatic nitrogens is 2. The van der Waals surface area contributed by atoms with Crippen LogP contribution in [-0.2, 0) is 6.42 Å². The fourth-order valence-electron chi connectivity index (χ4n) is 1.96. The molecule has 2 N–H and O–H groups in total. The van der Waals surface area contributed by atoms with Crippen LogP contribution in [0.5, 0.6) is 0 Å². The summed E-state index contributed by atoms with van der Waals surface area (Å²) in [5.41, 5.74) is 10.2. The second-order valence-corrected chi connectivity index (χ2v) is 5.18. The first-order valence-corrected chi connectivity index (χ1v) is 6.88. The first kappa shape index (κ1) is 11.9. The molecule has 0 bridgehead atoms. The van der Waals surface area contributed by atoms with Crippen molar-refractivity contribution in [1.82, 2.24) is 9.97 Å². The molecule has 0 saturated heterocycles. The molecule has 0 saturated carbocycles. The Morgan fingerprint density at radius 2 is 1.89 bits per heavy atom. The Kier molecular flexibility index (Phi) is 3.25. The first-order valence-electron chi connectivity index (χ1n) is 6.00. The van der Waals surface area contributed by atoms with Crippen LogP contribution >= 0.6 is 11.3 Å². The van der Waals surface area contributed by atoms with E-state index in [0.29, 0.717) is 5.13 Å². The lowest BCUT2D eigenvalue weighted by Crippen LogP contribution is -1.90. The second kappa shape index (κ2) is 5.20. The van der Waals surface area contributed by atoms with Crippen LogP contribution in [0.15, 0.2) is 54.2 Å². The van der Waals surface area contributed by atoms with Crippen molar-refractivity contribution >= 4 is 16.5 Å². The first-order chi connectivity index (χ1) is 9.31. The van der Waals surface area contributed by atoms with E-state index in [-0.39, 0.29) is 0 Å². The Morgan fingerprint density at radius 3 is 2.53 bits per heavy atom. The van der Waals surface area contributed by atoms with Gasteiger partial charge in [-0.15, -0.1) is 11.3 Å². The molecule has 2 heterocycles. The molecule has 0 fully saturated rings. The molecule has 0 radical (unpaired) electrons. The highest BCUT2D eigenvalue weighted by atomic mass is 32.1. The Morgan fingerprint density at radius 1 is 1.05 bits per heavy atom. The largest absolute Gasteiger partial charge is 0.375 e. The van der Waals surface area contributed by atoms with Crippen LogP contribution in [0.4, 0.5) is 5.13 Å². The number of nitrogen functional groups attached to an aromatic ring is 1. The summed E-state index contributed by atoms with van der Waals surface area (Å²) < 4.78 is 0. The number of nitrogens with zero attached hydrogens (tertiary/aromatic N) is 2. The van der Waals surface area contributed by atoms with Gasteiger partial charge in [0.05, 0.1) is 5.69 Å². The second-order valence-electron chi connectivity index (χ2n) is 4.29. The van der Waals surface area contributed by atoms with Gasteiger partial charge in [0.2, 0.25) is 0 Å². The molecule has 3 rings (SSSR count). The van der Waals surface area contributed by atoms with Crippen molar-refractivity contribution < 1.29 is 0 Å². The lowest BCUT2D eigenvalue weighted by molar-refractivity contribution is 1.11. The third-order valence-corrected chi connectivity index (χ3v) is 3.63. The predicted molar refractivity (Wildman–Crippen MR) is 79.0 cm³/mol. The van der Waals surface area contributed by atoms with Gasteiger partial charge in [0, 0.05) is 24.2 Å². The molecule has 19 heavy (non-hydrogen) atoms. The number of pyridine rings is 1. The van der Waals surface area contributed by atoms with E-state index in [2.05, 4.69) is 40.3 Å². The highest BCUT2D eigenvalue weighted by molar-refractivity contribution is 7.13. The molecule has 0 amide bonds. The van der Waals surface area contributed by atoms with Gasteiger partial charge in [0.25, 0.3) is 0 Å². The molecule has 0 aliphatic heterocycles. The molecule has 3 nitrogen and oxygen atoms in total. The Balaban J connectivity index is 1.79. The number of rotatable bonds is 3. The van der Waals surface area contributed by atoms with Crippen LogP contribution < -0.4 is 5.73 Å². The highest BCUT2D eigenvalue weighted by Crippen LogP contribution is 2.20. The SMILES string of the molecule is Nc1nc(Cc2ccc(-c3cccnc3)cc2)cs1. The number of hydrogen-bond acceptors (Lipinski definition) is 4. The quantitative estimate of drug-likeness (QED) is 0.791. The van der Waals surface area contributed by atoms with Gasteiger partial charge in [0.1, 0.15) is 0 Å². The van der Waals surface area contributed by atoms with E-state index >= 15 is 0 Å². The fourth-order valence-corrected chi connectivity index (χ4v) is 2.52. The van der Waals surface area contributed by atoms with E-state index in [1.54, 1.807) is 6.20 Å². The minimum Gasteiger partial charge on any atom is -0.375 e. The van der Waals surface area contributed by atoms with E-state index in [1.807, 2.05) is 17.6 Å². The third kappa shape index (κ3) is 2.80. The van der Waals surface area contributed by atoms with Crippen LogP contribution in [0.3, 0.4) is 0 Å². The van der Waals surface area contributed by atoms with Crippen molar-refractivity contribution in [2.45, 2.75) is 6.42 Å². The zero-order chi connectivity index (χ0) is 13.1. The molecular weight excluding hydrogens is 254 g/mol. The summed E-state index contributed by atoms with van der Waals surface area (Å²) in [7, 11) is 0. The normalized spacial score (nSPS) is 10.5. The van der Waals surface area contributed by atoms with Crippen LogP contribution in [0.25, 0.3) is 11.1 Å². The third-order valence-electron chi connectivity index (χ3n) is 2.90. The summed E-state index contributed by atoms with van der Waals surface area (Å²) >= 11 is 1.48. The molecule has 1 aromatic carbocycles. The topological polar surface area (TPSA) is 51.8 Å². The molecule has 4 heteroatoms. The maximum atomic E-state index is 5.63. The molecule has 0 aliphatic rings. The van der Waals surface area contributed by atoms with E-state index in [1.165, 1.54) is 22.5 Å². The van der Waals surface area contributed by atoms with Gasteiger partial charge in [-0.05, 0) is 22.8 Å². The van der Waals surface area contributed by atoms with E-state index in [4.69, 9.17) is 5.73 Å². The Labute approximate surface area is 115 Å². The van der Waals surface area contributed by atoms with Gasteiger partial charge in [-0.2, -0.15) is 0 Å². The summed E-state index contributed by atoms with van der Waals surface area (Å²) in [4.78, 5) is 8.40. The molecule has 0 spiro atoms. The van der Waals surface area contributed by atoms with Crippen LogP contribution in [-0.4, -0.2) is 9.97 Å². The van der Waals surface area contributed by atoms with Crippen molar-refractivity contribution in [1.29, 1.82) is 0 Å². The minimum absolute atomic E-state index is 0.627. The van der Waals surface area contributed by atoms with Crippen LogP contribution in [0, 0.1) is 0 Å². The van der Waals surface area contributed by atoms with Crippen molar-refractivity contribution in [2.24, 2.45) is 0 Å². The lowest BCUT2D eigenvalue weighted by Gasteiger charge is -2.03. The number of anilines is 1. The average molecular weight is 267 g/mol. The minimum atomic E-state index is 0.627. The summed E-state index contributed by atoms with van der Waals surface area (Å²) in [6.07, 6.45) is 4.47. The van der Waals surface area contributed by atoms with Gasteiger partial charge >= 0.3 is 0 Å². The number of benzene rings is 1. The van der Waals surface area contributed by atoms with Gasteiger partial charge in [-0.3, -0.25) is 4.98 Å². The summed E-state index contributed by atoms with van der Waals surface area (Å²) in [5.74, 6) is 0. The summed E-state index contributed by atoms with van der Waals surface area (Å²) in [6, 6.07) is 12.5. The van der Waals surface area contributed by atoms with Gasteiger partial charge in [-0.25, -0.2) is 4.98 Å². The van der Waals surface area contributed by atoms with Gasteiger partial charge < -0.3 is 5.73 Å². The smallest absolute Gasteiger partial charge is 0.180 e. The standard InChI is InChI=1S/C15H13N3S/c16-15-18-14(10-19-15)8-11-3-5-12(6-4-11)13-2-1-7-17-9-13/h1-7,9-10H,8H2,(H2,16,18). The maximum Gasteiger partial charge on any atom is 0.180 e. The fraction of sp³-hybridized carbons (Fsp3) is 0.0667. The summed E-state index contributed by atoms with van der Waals surface area (Å²) in [5, 5.41) is 2.63. The zero-order valence-corrected chi connectivity index (χ0v) is 11.1. The van der Waals surface area contributed by atoms with Crippen molar-refractivity contribution in [3.63, 3.8) is 0 Å². The predicted octanol–water partition coefficient (Wildman–Crippen LogP) is 3.38. The monoisotopic (exact) mass is 267 g/mol. The highest BCUT2D eigenvalue weighted by Gasteiger charge is 2.02. The Bertz CT molecular complexity index is 659. The van der Waals surface area contributed by atoms with Gasteiger partial charge in [0.15, 0.2) is 5.13 Å². The van der Waals surface area contributed by atoms with E-state index in [9.17, 15) is 0 Å². The lowest BCUT2D eigenvalue weighted by atomic mass is 10.0. The molecule has 0 aliphatic carbocycles. The number of nitrogens with two attached hydrogens (primary N) is 1. The van der Waals surface area contributed by atoms with Crippen molar-refractivity contribution in [2.75, 3.05) is 5.73 Å². The molecule has 0 atom stereocenters.